The Morgan fingerprint density at radius 3 is 2.47 bits per heavy atom. The summed E-state index contributed by atoms with van der Waals surface area (Å²) in [5.74, 6) is -0.199. The van der Waals surface area contributed by atoms with Crippen molar-refractivity contribution in [3.05, 3.63) is 39.9 Å². The van der Waals surface area contributed by atoms with Gasteiger partial charge < -0.3 is 11.1 Å². The molecule has 0 aliphatic carbocycles. The van der Waals surface area contributed by atoms with Crippen LogP contribution in [0.4, 0.5) is 5.69 Å². The highest BCUT2D eigenvalue weighted by Crippen LogP contribution is 2.11. The molecule has 0 saturated carbocycles. The summed E-state index contributed by atoms with van der Waals surface area (Å²) in [5.41, 5.74) is 6.49. The van der Waals surface area contributed by atoms with Crippen molar-refractivity contribution in [1.82, 2.24) is 5.32 Å². The van der Waals surface area contributed by atoms with Gasteiger partial charge in [0, 0.05) is 18.7 Å². The van der Waals surface area contributed by atoms with E-state index in [1.54, 1.807) is 12.1 Å². The molecule has 1 rings (SSSR count). The number of hydrogen-bond donors (Lipinski definition) is 2. The van der Waals surface area contributed by atoms with E-state index in [0.717, 1.165) is 12.0 Å². The largest absolute Gasteiger partial charge is 0.351 e. The van der Waals surface area contributed by atoms with Crippen molar-refractivity contribution < 1.29 is 9.72 Å². The quantitative estimate of drug-likeness (QED) is 0.615. The first-order valence-electron chi connectivity index (χ1n) is 5.81. The SMILES string of the molecule is CCCC(N)C(=O)NCc1ccc([N+](=O)[O-])cc1.Cl. The summed E-state index contributed by atoms with van der Waals surface area (Å²) in [7, 11) is 0. The molecule has 1 amide bonds. The molecule has 1 atom stereocenters. The van der Waals surface area contributed by atoms with Gasteiger partial charge in [-0.2, -0.15) is 0 Å². The number of hydrogen-bond acceptors (Lipinski definition) is 4. The Balaban J connectivity index is 0.00000324. The second kappa shape index (κ2) is 8.44. The lowest BCUT2D eigenvalue weighted by Crippen LogP contribution is -2.40. The third-order valence-corrected chi connectivity index (χ3v) is 2.55. The molecule has 0 bridgehead atoms. The Bertz CT molecular complexity index is 423. The van der Waals surface area contributed by atoms with Gasteiger partial charge in [-0.3, -0.25) is 14.9 Å². The minimum Gasteiger partial charge on any atom is -0.351 e. The van der Waals surface area contributed by atoms with Crippen molar-refractivity contribution in [3.8, 4) is 0 Å². The molecule has 0 aliphatic heterocycles. The van der Waals surface area contributed by atoms with Crippen LogP contribution in [0.1, 0.15) is 25.3 Å². The summed E-state index contributed by atoms with van der Waals surface area (Å²) in [6.07, 6.45) is 1.50. The van der Waals surface area contributed by atoms with Crippen LogP contribution in [0.5, 0.6) is 0 Å². The first-order valence-corrected chi connectivity index (χ1v) is 5.81. The van der Waals surface area contributed by atoms with Crippen LogP contribution in [-0.2, 0) is 11.3 Å². The van der Waals surface area contributed by atoms with Gasteiger partial charge >= 0.3 is 0 Å². The van der Waals surface area contributed by atoms with E-state index >= 15 is 0 Å². The lowest BCUT2D eigenvalue weighted by Gasteiger charge is -2.10. The smallest absolute Gasteiger partial charge is 0.269 e. The average Bonchev–Trinajstić information content (AvgIpc) is 2.36. The number of nitrogens with zero attached hydrogens (tertiary/aromatic N) is 1. The van der Waals surface area contributed by atoms with Gasteiger partial charge in [0.15, 0.2) is 0 Å². The van der Waals surface area contributed by atoms with Gasteiger partial charge in [0.2, 0.25) is 5.91 Å². The van der Waals surface area contributed by atoms with Crippen molar-refractivity contribution in [2.24, 2.45) is 5.73 Å². The van der Waals surface area contributed by atoms with Gasteiger partial charge in [0.1, 0.15) is 0 Å². The fourth-order valence-corrected chi connectivity index (χ4v) is 1.50. The third kappa shape index (κ3) is 5.67. The number of nitrogens with two attached hydrogens (primary N) is 1. The maximum atomic E-state index is 11.5. The van der Waals surface area contributed by atoms with Gasteiger partial charge in [0.25, 0.3) is 5.69 Å². The van der Waals surface area contributed by atoms with E-state index in [4.69, 9.17) is 5.73 Å². The second-order valence-corrected chi connectivity index (χ2v) is 4.04. The third-order valence-electron chi connectivity index (χ3n) is 2.55. The number of nitro groups is 1. The number of halogens is 1. The Kier molecular flexibility index (Phi) is 7.71. The number of carbonyl (C=O) groups excluding carboxylic acids is 1. The van der Waals surface area contributed by atoms with Crippen LogP contribution in [0.15, 0.2) is 24.3 Å². The minimum absolute atomic E-state index is 0. The van der Waals surface area contributed by atoms with Crippen LogP contribution >= 0.6 is 12.4 Å². The number of carbonyl (C=O) groups is 1. The molecule has 0 radical (unpaired) electrons. The normalized spacial score (nSPS) is 11.3. The molecule has 6 nitrogen and oxygen atoms in total. The molecular formula is C12H18ClN3O3. The van der Waals surface area contributed by atoms with E-state index in [-0.39, 0.29) is 24.0 Å². The molecule has 1 aromatic carbocycles. The van der Waals surface area contributed by atoms with Gasteiger partial charge in [-0.25, -0.2) is 0 Å². The lowest BCUT2D eigenvalue weighted by atomic mass is 10.1. The zero-order valence-corrected chi connectivity index (χ0v) is 11.5. The molecule has 106 valence electrons. The van der Waals surface area contributed by atoms with Crippen molar-refractivity contribution in [2.75, 3.05) is 0 Å². The summed E-state index contributed by atoms with van der Waals surface area (Å²) in [4.78, 5) is 21.5. The molecule has 7 heteroatoms. The van der Waals surface area contributed by atoms with Crippen LogP contribution in [0.2, 0.25) is 0 Å². The highest BCUT2D eigenvalue weighted by atomic mass is 35.5. The summed E-state index contributed by atoms with van der Waals surface area (Å²) in [6, 6.07) is 5.56. The number of rotatable bonds is 6. The first-order chi connectivity index (χ1) is 8.54. The molecule has 1 unspecified atom stereocenters. The molecule has 1 aromatic rings. The molecule has 3 N–H and O–H groups in total. The van der Waals surface area contributed by atoms with E-state index in [1.807, 2.05) is 6.92 Å². The summed E-state index contributed by atoms with van der Waals surface area (Å²) in [6.45, 7) is 2.29. The molecule has 19 heavy (non-hydrogen) atoms. The van der Waals surface area contributed by atoms with Crippen molar-refractivity contribution in [3.63, 3.8) is 0 Å². The van der Waals surface area contributed by atoms with Gasteiger partial charge in [-0.15, -0.1) is 12.4 Å². The highest BCUT2D eigenvalue weighted by molar-refractivity contribution is 5.85. The zero-order valence-electron chi connectivity index (χ0n) is 10.7. The average molecular weight is 288 g/mol. The topological polar surface area (TPSA) is 98.3 Å². The second-order valence-electron chi connectivity index (χ2n) is 4.04. The van der Waals surface area contributed by atoms with Gasteiger partial charge in [-0.1, -0.05) is 25.5 Å². The van der Waals surface area contributed by atoms with Gasteiger partial charge in [-0.05, 0) is 12.0 Å². The first kappa shape index (κ1) is 17.3. The molecule has 0 fully saturated rings. The molecule has 0 heterocycles. The van der Waals surface area contributed by atoms with E-state index < -0.39 is 11.0 Å². The fraction of sp³-hybridized carbons (Fsp3) is 0.417. The van der Waals surface area contributed by atoms with Crippen LogP contribution in [0, 0.1) is 10.1 Å². The van der Waals surface area contributed by atoms with Gasteiger partial charge in [0.05, 0.1) is 11.0 Å². The fourth-order valence-electron chi connectivity index (χ4n) is 1.50. The Labute approximate surface area is 117 Å². The van der Waals surface area contributed by atoms with Crippen LogP contribution in [0.3, 0.4) is 0 Å². The standard InChI is InChI=1S/C12H17N3O3.ClH/c1-2-3-11(13)12(16)14-8-9-4-6-10(7-5-9)15(17)18;/h4-7,11H,2-3,8,13H2,1H3,(H,14,16);1H. The summed E-state index contributed by atoms with van der Waals surface area (Å²) >= 11 is 0. The maximum Gasteiger partial charge on any atom is 0.269 e. The molecule has 0 saturated heterocycles. The predicted octanol–water partition coefficient (Wildman–Crippen LogP) is 1.76. The van der Waals surface area contributed by atoms with E-state index in [9.17, 15) is 14.9 Å². The minimum atomic E-state index is -0.493. The number of nitrogens with one attached hydrogen (secondary N) is 1. The Morgan fingerprint density at radius 1 is 1.42 bits per heavy atom. The molecule has 0 aromatic heterocycles. The van der Waals surface area contributed by atoms with Crippen LogP contribution in [0.25, 0.3) is 0 Å². The molecule has 0 aliphatic rings. The van der Waals surface area contributed by atoms with Crippen LogP contribution < -0.4 is 11.1 Å². The number of nitro benzene ring substituents is 1. The predicted molar refractivity (Wildman–Crippen MR) is 75.1 cm³/mol. The number of benzene rings is 1. The Morgan fingerprint density at radius 2 is 2.00 bits per heavy atom. The van der Waals surface area contributed by atoms with Crippen molar-refractivity contribution in [1.29, 1.82) is 0 Å². The lowest BCUT2D eigenvalue weighted by molar-refractivity contribution is -0.384. The van der Waals surface area contributed by atoms with E-state index in [2.05, 4.69) is 5.32 Å². The van der Waals surface area contributed by atoms with Crippen molar-refractivity contribution >= 4 is 24.0 Å². The van der Waals surface area contributed by atoms with Crippen LogP contribution in [-0.4, -0.2) is 16.9 Å². The molecular weight excluding hydrogens is 270 g/mol. The molecule has 0 spiro atoms. The number of non-ortho nitro benzene ring substituents is 1. The monoisotopic (exact) mass is 287 g/mol. The Hall–Kier alpha value is -1.66. The maximum absolute atomic E-state index is 11.5. The highest BCUT2D eigenvalue weighted by Gasteiger charge is 2.11. The van der Waals surface area contributed by atoms with E-state index in [0.29, 0.717) is 13.0 Å². The number of amides is 1. The van der Waals surface area contributed by atoms with Crippen molar-refractivity contribution in [2.45, 2.75) is 32.4 Å². The zero-order chi connectivity index (χ0) is 13.5. The van der Waals surface area contributed by atoms with E-state index in [1.165, 1.54) is 12.1 Å². The summed E-state index contributed by atoms with van der Waals surface area (Å²) < 4.78 is 0. The summed E-state index contributed by atoms with van der Waals surface area (Å²) in [5, 5.41) is 13.2.